The minimum Gasteiger partial charge on any atom is -0.454 e. The average Bonchev–Trinajstić information content (AvgIpc) is 3.36. The van der Waals surface area contributed by atoms with Gasteiger partial charge in [-0.2, -0.15) is 13.2 Å². The number of fused-ring (bicyclic) bond motifs is 1. The number of carbonyl (C=O) groups excluding carboxylic acids is 1. The summed E-state index contributed by atoms with van der Waals surface area (Å²) in [5, 5.41) is 13.1. The summed E-state index contributed by atoms with van der Waals surface area (Å²) in [6.45, 7) is 0.794. The number of pyridine rings is 1. The number of alkyl halides is 3. The van der Waals surface area contributed by atoms with Gasteiger partial charge in [-0.25, -0.2) is 19.7 Å². The number of aliphatic hydroxyl groups is 1. The van der Waals surface area contributed by atoms with Gasteiger partial charge in [0.15, 0.2) is 5.82 Å². The van der Waals surface area contributed by atoms with Crippen LogP contribution in [0.3, 0.4) is 0 Å². The number of hydrogen-bond acceptors (Lipinski definition) is 9. The van der Waals surface area contributed by atoms with Gasteiger partial charge in [-0.15, -0.1) is 11.3 Å². The molecule has 3 N–H and O–H groups in total. The Morgan fingerprint density at radius 3 is 2.77 bits per heavy atom. The van der Waals surface area contributed by atoms with Crippen molar-refractivity contribution in [3.05, 3.63) is 64.4 Å². The molecule has 4 rings (SSSR count). The number of anilines is 1. The van der Waals surface area contributed by atoms with E-state index in [4.69, 9.17) is 5.73 Å². The molecule has 0 aliphatic heterocycles. The maximum absolute atomic E-state index is 12.5. The van der Waals surface area contributed by atoms with Crippen LogP contribution in [0.4, 0.5) is 19.0 Å². The predicted octanol–water partition coefficient (Wildman–Crippen LogP) is 3.38. The third-order valence-electron chi connectivity index (χ3n) is 4.79. The minimum absolute atomic E-state index is 0.0235. The first-order valence-corrected chi connectivity index (χ1v) is 10.8. The summed E-state index contributed by atoms with van der Waals surface area (Å²) in [6.07, 6.45) is -0.629. The zero-order valence-corrected chi connectivity index (χ0v) is 18.8. The maximum Gasteiger partial charge on any atom is 0.490 e. The Balaban J connectivity index is 1.67. The number of thiazole rings is 1. The van der Waals surface area contributed by atoms with Gasteiger partial charge >= 0.3 is 12.1 Å². The van der Waals surface area contributed by atoms with Gasteiger partial charge in [-0.05, 0) is 24.6 Å². The van der Waals surface area contributed by atoms with E-state index in [-0.39, 0.29) is 10.8 Å². The van der Waals surface area contributed by atoms with E-state index in [1.54, 1.807) is 36.7 Å². The minimum atomic E-state index is -5.21. The maximum atomic E-state index is 12.5. The number of nitrogens with two attached hydrogens (primary N) is 1. The second-order valence-corrected chi connectivity index (χ2v) is 8.28. The summed E-state index contributed by atoms with van der Waals surface area (Å²) < 4.78 is 41.9. The molecule has 35 heavy (non-hydrogen) atoms. The number of carbonyl (C=O) groups is 1. The molecule has 12 heteroatoms. The summed E-state index contributed by atoms with van der Waals surface area (Å²) in [5.74, 6) is 3.35. The molecule has 0 unspecified atom stereocenters. The van der Waals surface area contributed by atoms with Crippen LogP contribution in [0, 0.1) is 18.8 Å². The molecule has 178 valence electrons. The van der Waals surface area contributed by atoms with Gasteiger partial charge in [0.05, 0.1) is 11.7 Å². The molecule has 3 heterocycles. The van der Waals surface area contributed by atoms with Crippen molar-refractivity contribution in [2.75, 3.05) is 12.3 Å². The van der Waals surface area contributed by atoms with Gasteiger partial charge in [-0.3, -0.25) is 4.98 Å². The van der Waals surface area contributed by atoms with E-state index < -0.39 is 24.4 Å². The number of ether oxygens (including phenoxy) is 1. The highest BCUT2D eigenvalue weighted by Gasteiger charge is 2.43. The van der Waals surface area contributed by atoms with E-state index in [0.717, 1.165) is 16.9 Å². The van der Waals surface area contributed by atoms with Crippen LogP contribution in [0.5, 0.6) is 0 Å². The van der Waals surface area contributed by atoms with Crippen LogP contribution in [0.15, 0.2) is 48.2 Å². The topological polar surface area (TPSA) is 124 Å². The lowest BCUT2D eigenvalue weighted by Gasteiger charge is -2.19. The van der Waals surface area contributed by atoms with Gasteiger partial charge in [0.2, 0.25) is 5.60 Å². The highest BCUT2D eigenvalue weighted by molar-refractivity contribution is 7.09. The summed E-state index contributed by atoms with van der Waals surface area (Å²) in [4.78, 5) is 28.0. The Bertz CT molecular complexity index is 1470. The zero-order chi connectivity index (χ0) is 25.2. The van der Waals surface area contributed by atoms with Gasteiger partial charge in [0.25, 0.3) is 0 Å². The van der Waals surface area contributed by atoms with Crippen molar-refractivity contribution in [3.8, 4) is 23.2 Å². The molecule has 0 amide bonds. The van der Waals surface area contributed by atoms with Gasteiger partial charge in [-0.1, -0.05) is 24.0 Å². The molecule has 0 spiro atoms. The molecule has 0 aliphatic rings. The molecule has 0 fully saturated rings. The van der Waals surface area contributed by atoms with Crippen molar-refractivity contribution >= 4 is 34.0 Å². The standard InChI is InChI=1S/C23H16F3N5O3S/c1-13-10-28-11-16-17(13)18(27)31-19(30-16)15-4-2-3-14(9-15)5-6-22(33,20-29-7-8-35-20)12-34-21(32)23(24,25)26/h2-4,7-11,33H,12H2,1H3,(H2,27,30,31)/t22-/m1/s1. The third-order valence-corrected chi connectivity index (χ3v) is 5.71. The van der Waals surface area contributed by atoms with E-state index >= 15 is 0 Å². The van der Waals surface area contributed by atoms with E-state index in [2.05, 4.69) is 36.5 Å². The molecule has 0 radical (unpaired) electrons. The quantitative estimate of drug-likeness (QED) is 0.324. The number of nitrogen functional groups attached to an aromatic ring is 1. The first kappa shape index (κ1) is 24.1. The molecule has 1 aromatic carbocycles. The van der Waals surface area contributed by atoms with Crippen LogP contribution in [-0.2, 0) is 15.1 Å². The number of halogens is 3. The number of aryl methyl sites for hydroxylation is 1. The Morgan fingerprint density at radius 1 is 1.26 bits per heavy atom. The second kappa shape index (κ2) is 9.28. The van der Waals surface area contributed by atoms with Gasteiger partial charge in [0.1, 0.15) is 17.4 Å². The fourth-order valence-electron chi connectivity index (χ4n) is 3.15. The summed E-state index contributed by atoms with van der Waals surface area (Å²) in [5.41, 5.74) is 6.22. The summed E-state index contributed by atoms with van der Waals surface area (Å²) >= 11 is 0.952. The normalized spacial score (nSPS) is 13.1. The van der Waals surface area contributed by atoms with Crippen molar-refractivity contribution in [1.82, 2.24) is 19.9 Å². The number of esters is 1. The molecular formula is C23H16F3N5O3S. The molecular weight excluding hydrogens is 483 g/mol. The average molecular weight is 499 g/mol. The lowest BCUT2D eigenvalue weighted by Crippen LogP contribution is -2.35. The Labute approximate surface area is 200 Å². The zero-order valence-electron chi connectivity index (χ0n) is 18.0. The SMILES string of the molecule is Cc1cncc2nc(-c3cccc(C#C[C@@](O)(COC(=O)C(F)(F)F)c4nccs4)c3)nc(N)c12. The van der Waals surface area contributed by atoms with Gasteiger partial charge in [0, 0.05) is 34.3 Å². The van der Waals surface area contributed by atoms with Crippen molar-refractivity contribution in [3.63, 3.8) is 0 Å². The Hall–Kier alpha value is -4.08. The highest BCUT2D eigenvalue weighted by Crippen LogP contribution is 2.27. The van der Waals surface area contributed by atoms with E-state index in [1.807, 2.05) is 6.92 Å². The molecule has 0 aliphatic carbocycles. The first-order valence-electron chi connectivity index (χ1n) is 9.94. The van der Waals surface area contributed by atoms with E-state index in [1.165, 1.54) is 11.6 Å². The van der Waals surface area contributed by atoms with Crippen LogP contribution in [0.25, 0.3) is 22.3 Å². The van der Waals surface area contributed by atoms with Crippen molar-refractivity contribution in [2.24, 2.45) is 0 Å². The van der Waals surface area contributed by atoms with Crippen LogP contribution in [-0.4, -0.2) is 43.8 Å². The number of aromatic nitrogens is 4. The van der Waals surface area contributed by atoms with E-state index in [0.29, 0.717) is 27.9 Å². The monoisotopic (exact) mass is 499 g/mol. The van der Waals surface area contributed by atoms with Gasteiger partial charge < -0.3 is 15.6 Å². The molecule has 3 aromatic heterocycles. The number of rotatable bonds is 4. The smallest absolute Gasteiger partial charge is 0.454 e. The summed E-state index contributed by atoms with van der Waals surface area (Å²) in [7, 11) is 0. The number of hydrogen-bond donors (Lipinski definition) is 2. The Kier molecular flexibility index (Phi) is 6.38. The number of nitrogens with zero attached hydrogens (tertiary/aromatic N) is 4. The number of benzene rings is 1. The lowest BCUT2D eigenvalue weighted by atomic mass is 10.1. The fourth-order valence-corrected chi connectivity index (χ4v) is 3.83. The fraction of sp³-hybridized carbons (Fsp3) is 0.174. The Morgan fingerprint density at radius 2 is 2.06 bits per heavy atom. The molecule has 1 atom stereocenters. The molecule has 0 saturated heterocycles. The second-order valence-electron chi connectivity index (χ2n) is 7.39. The molecule has 4 aromatic rings. The van der Waals surface area contributed by atoms with Crippen LogP contribution in [0.2, 0.25) is 0 Å². The summed E-state index contributed by atoms with van der Waals surface area (Å²) in [6, 6.07) is 6.65. The highest BCUT2D eigenvalue weighted by atomic mass is 32.1. The van der Waals surface area contributed by atoms with Crippen molar-refractivity contribution < 1.29 is 27.8 Å². The van der Waals surface area contributed by atoms with Crippen LogP contribution >= 0.6 is 11.3 Å². The van der Waals surface area contributed by atoms with Crippen molar-refractivity contribution in [1.29, 1.82) is 0 Å². The first-order chi connectivity index (χ1) is 16.6. The van der Waals surface area contributed by atoms with Crippen molar-refractivity contribution in [2.45, 2.75) is 18.7 Å². The predicted molar refractivity (Wildman–Crippen MR) is 122 cm³/mol. The molecule has 0 bridgehead atoms. The lowest BCUT2D eigenvalue weighted by molar-refractivity contribution is -0.203. The third kappa shape index (κ3) is 5.21. The largest absolute Gasteiger partial charge is 0.490 e. The molecule has 8 nitrogen and oxygen atoms in total. The van der Waals surface area contributed by atoms with Crippen LogP contribution in [0.1, 0.15) is 16.1 Å². The molecule has 0 saturated carbocycles. The van der Waals surface area contributed by atoms with Crippen LogP contribution < -0.4 is 5.73 Å². The van der Waals surface area contributed by atoms with E-state index in [9.17, 15) is 23.1 Å².